The third kappa shape index (κ3) is 3.85. The van der Waals surface area contributed by atoms with E-state index in [-0.39, 0.29) is 0 Å². The largest absolute Gasteiger partial charge is 0.494 e. The minimum absolute atomic E-state index is 0.683. The van der Waals surface area contributed by atoms with Crippen molar-refractivity contribution in [3.63, 3.8) is 0 Å². The molecule has 3 heteroatoms. The Bertz CT molecular complexity index is 547. The molecule has 0 aliphatic carbocycles. The lowest BCUT2D eigenvalue weighted by molar-refractivity contribution is 0.340. The molecule has 1 N–H and O–H groups in total. The van der Waals surface area contributed by atoms with E-state index in [0.29, 0.717) is 6.61 Å². The maximum absolute atomic E-state index is 5.39. The van der Waals surface area contributed by atoms with Gasteiger partial charge in [-0.15, -0.1) is 0 Å². The summed E-state index contributed by atoms with van der Waals surface area (Å²) in [7, 11) is 0. The summed E-state index contributed by atoms with van der Waals surface area (Å²) < 4.78 is 5.39. The van der Waals surface area contributed by atoms with Gasteiger partial charge in [-0.2, -0.15) is 5.10 Å². The Morgan fingerprint density at radius 2 is 1.84 bits per heavy atom. The van der Waals surface area contributed by atoms with Crippen LogP contribution in [0, 0.1) is 6.92 Å². The summed E-state index contributed by atoms with van der Waals surface area (Å²) in [6.45, 7) is 4.71. The van der Waals surface area contributed by atoms with E-state index < -0.39 is 0 Å². The van der Waals surface area contributed by atoms with Crippen LogP contribution >= 0.6 is 0 Å². The fourth-order valence-electron chi connectivity index (χ4n) is 1.69. The van der Waals surface area contributed by atoms with Crippen LogP contribution in [-0.2, 0) is 0 Å². The molecule has 0 amide bonds. The van der Waals surface area contributed by atoms with Gasteiger partial charge in [-0.3, -0.25) is 5.43 Å². The van der Waals surface area contributed by atoms with E-state index >= 15 is 0 Å². The summed E-state index contributed by atoms with van der Waals surface area (Å²) in [4.78, 5) is 0. The van der Waals surface area contributed by atoms with Crippen LogP contribution in [-0.4, -0.2) is 12.8 Å². The number of hydrogen-bond donors (Lipinski definition) is 1. The summed E-state index contributed by atoms with van der Waals surface area (Å²) in [5.41, 5.74) is 6.26. The van der Waals surface area contributed by atoms with Crippen molar-refractivity contribution in [2.75, 3.05) is 12.0 Å². The zero-order chi connectivity index (χ0) is 13.5. The number of hydrogen-bond acceptors (Lipinski definition) is 3. The van der Waals surface area contributed by atoms with E-state index in [4.69, 9.17) is 4.74 Å². The molecule has 0 unspecified atom stereocenters. The Morgan fingerprint density at radius 3 is 2.53 bits per heavy atom. The van der Waals surface area contributed by atoms with Crippen LogP contribution in [0.15, 0.2) is 53.6 Å². The summed E-state index contributed by atoms with van der Waals surface area (Å²) in [6, 6.07) is 15.9. The average molecular weight is 254 g/mol. The maximum atomic E-state index is 5.39. The first-order chi connectivity index (χ1) is 9.29. The molecule has 3 nitrogen and oxygen atoms in total. The number of nitrogens with one attached hydrogen (secondary N) is 1. The molecule has 0 spiro atoms. The number of para-hydroxylation sites is 1. The molecule has 0 heterocycles. The normalized spacial score (nSPS) is 10.6. The maximum Gasteiger partial charge on any atom is 0.119 e. The molecule has 0 bridgehead atoms. The third-order valence-electron chi connectivity index (χ3n) is 2.73. The van der Waals surface area contributed by atoms with Crippen LogP contribution in [0.25, 0.3) is 0 Å². The number of hydrazone groups is 1. The molecular formula is C16H18N2O. The van der Waals surface area contributed by atoms with Crippen LogP contribution in [0.5, 0.6) is 5.75 Å². The minimum atomic E-state index is 0.683. The second kappa shape index (κ2) is 6.59. The highest BCUT2D eigenvalue weighted by Gasteiger charge is 1.94. The molecule has 2 rings (SSSR count). The third-order valence-corrected chi connectivity index (χ3v) is 2.73. The van der Waals surface area contributed by atoms with Gasteiger partial charge in [0, 0.05) is 0 Å². The first kappa shape index (κ1) is 13.1. The van der Waals surface area contributed by atoms with Gasteiger partial charge in [0.2, 0.25) is 0 Å². The fraction of sp³-hybridized carbons (Fsp3) is 0.188. The minimum Gasteiger partial charge on any atom is -0.494 e. The monoisotopic (exact) mass is 254 g/mol. The van der Waals surface area contributed by atoms with Crippen LogP contribution in [0.1, 0.15) is 18.1 Å². The van der Waals surface area contributed by atoms with Gasteiger partial charge in [0.1, 0.15) is 5.75 Å². The Morgan fingerprint density at radius 1 is 1.11 bits per heavy atom. The molecule has 2 aromatic carbocycles. The van der Waals surface area contributed by atoms with Gasteiger partial charge in [-0.25, -0.2) is 0 Å². The van der Waals surface area contributed by atoms with Gasteiger partial charge in [0.15, 0.2) is 0 Å². The first-order valence-electron chi connectivity index (χ1n) is 6.37. The van der Waals surface area contributed by atoms with Crippen LogP contribution in [0.3, 0.4) is 0 Å². The molecule has 0 saturated carbocycles. The smallest absolute Gasteiger partial charge is 0.119 e. The van der Waals surface area contributed by atoms with E-state index in [9.17, 15) is 0 Å². The van der Waals surface area contributed by atoms with Crippen LogP contribution < -0.4 is 10.2 Å². The molecule has 0 saturated heterocycles. The zero-order valence-corrected chi connectivity index (χ0v) is 11.3. The molecule has 0 fully saturated rings. The molecule has 0 radical (unpaired) electrons. The highest BCUT2D eigenvalue weighted by atomic mass is 16.5. The van der Waals surface area contributed by atoms with Gasteiger partial charge in [-0.05, 0) is 55.3 Å². The van der Waals surface area contributed by atoms with Gasteiger partial charge in [-0.1, -0.05) is 18.2 Å². The molecular weight excluding hydrogens is 236 g/mol. The number of ether oxygens (including phenoxy) is 1. The molecule has 0 aliphatic rings. The summed E-state index contributed by atoms with van der Waals surface area (Å²) in [6.07, 6.45) is 1.79. The number of nitrogens with zero attached hydrogens (tertiary/aromatic N) is 1. The fourth-order valence-corrected chi connectivity index (χ4v) is 1.69. The number of anilines is 1. The second-order valence-corrected chi connectivity index (χ2v) is 4.19. The molecule has 2 aromatic rings. The molecule has 0 atom stereocenters. The predicted octanol–water partition coefficient (Wildman–Crippen LogP) is 3.84. The highest BCUT2D eigenvalue weighted by Crippen LogP contribution is 2.13. The lowest BCUT2D eigenvalue weighted by Gasteiger charge is -2.04. The molecule has 0 aromatic heterocycles. The first-order valence-corrected chi connectivity index (χ1v) is 6.37. The van der Waals surface area contributed by atoms with E-state index in [1.165, 1.54) is 5.56 Å². The van der Waals surface area contributed by atoms with Gasteiger partial charge < -0.3 is 4.74 Å². The van der Waals surface area contributed by atoms with Crippen molar-refractivity contribution in [3.05, 3.63) is 59.7 Å². The van der Waals surface area contributed by atoms with Crippen LogP contribution in [0.4, 0.5) is 5.69 Å². The topological polar surface area (TPSA) is 33.6 Å². The van der Waals surface area contributed by atoms with Gasteiger partial charge in [0.05, 0.1) is 18.5 Å². The van der Waals surface area contributed by atoms with Crippen LogP contribution in [0.2, 0.25) is 0 Å². The Balaban J connectivity index is 1.97. The molecule has 19 heavy (non-hydrogen) atoms. The van der Waals surface area contributed by atoms with E-state index in [0.717, 1.165) is 17.0 Å². The lowest BCUT2D eigenvalue weighted by Crippen LogP contribution is -1.93. The van der Waals surface area contributed by atoms with Gasteiger partial charge >= 0.3 is 0 Å². The van der Waals surface area contributed by atoms with E-state index in [1.807, 2.05) is 49.4 Å². The van der Waals surface area contributed by atoms with Crippen molar-refractivity contribution in [2.45, 2.75) is 13.8 Å². The average Bonchev–Trinajstić information content (AvgIpc) is 2.43. The SMILES string of the molecule is CCOc1ccc(/C=N\Nc2ccccc2C)cc1. The second-order valence-electron chi connectivity index (χ2n) is 4.19. The Labute approximate surface area is 113 Å². The lowest BCUT2D eigenvalue weighted by atomic mass is 10.2. The van der Waals surface area contributed by atoms with Crippen molar-refractivity contribution < 1.29 is 4.74 Å². The van der Waals surface area contributed by atoms with Gasteiger partial charge in [0.25, 0.3) is 0 Å². The van der Waals surface area contributed by atoms with E-state index in [1.54, 1.807) is 6.21 Å². The number of benzene rings is 2. The Hall–Kier alpha value is -2.29. The van der Waals surface area contributed by atoms with Crippen molar-refractivity contribution in [3.8, 4) is 5.75 Å². The van der Waals surface area contributed by atoms with Crippen molar-refractivity contribution in [1.82, 2.24) is 0 Å². The standard InChI is InChI=1S/C16H18N2O/c1-3-19-15-10-8-14(9-11-15)12-17-18-16-7-5-4-6-13(16)2/h4-12,18H,3H2,1-2H3/b17-12-. The van der Waals surface area contributed by atoms with Crippen molar-refractivity contribution in [1.29, 1.82) is 0 Å². The zero-order valence-electron chi connectivity index (χ0n) is 11.3. The number of aryl methyl sites for hydroxylation is 1. The predicted molar refractivity (Wildman–Crippen MR) is 80.0 cm³/mol. The quantitative estimate of drug-likeness (QED) is 0.649. The van der Waals surface area contributed by atoms with Crippen molar-refractivity contribution in [2.24, 2.45) is 5.10 Å². The Kier molecular flexibility index (Phi) is 4.56. The summed E-state index contributed by atoms with van der Waals surface area (Å²) >= 11 is 0. The molecule has 0 aliphatic heterocycles. The highest BCUT2D eigenvalue weighted by molar-refractivity contribution is 5.80. The molecule has 98 valence electrons. The summed E-state index contributed by atoms with van der Waals surface area (Å²) in [5.74, 6) is 0.881. The number of rotatable bonds is 5. The summed E-state index contributed by atoms with van der Waals surface area (Å²) in [5, 5.41) is 4.23. The van der Waals surface area contributed by atoms with Crippen molar-refractivity contribution >= 4 is 11.9 Å². The van der Waals surface area contributed by atoms with E-state index in [2.05, 4.69) is 23.5 Å².